The van der Waals surface area contributed by atoms with Crippen molar-refractivity contribution in [3.63, 3.8) is 0 Å². The lowest BCUT2D eigenvalue weighted by Gasteiger charge is -2.35. The fraction of sp³-hybridized carbons (Fsp3) is 0.318. The van der Waals surface area contributed by atoms with Crippen molar-refractivity contribution in [2.75, 3.05) is 19.7 Å². The number of amides is 1. The lowest BCUT2D eigenvalue weighted by atomic mass is 9.98. The summed E-state index contributed by atoms with van der Waals surface area (Å²) in [4.78, 5) is 14.9. The van der Waals surface area contributed by atoms with E-state index in [0.29, 0.717) is 35.2 Å². The first kappa shape index (κ1) is 19.0. The van der Waals surface area contributed by atoms with Crippen LogP contribution >= 0.6 is 11.3 Å². The number of carbonyl (C=O) groups excluding carboxylic acids is 1. The first-order valence-corrected chi connectivity index (χ1v) is 10.8. The Bertz CT molecular complexity index is 1070. The summed E-state index contributed by atoms with van der Waals surface area (Å²) in [6.07, 6.45) is 1.14. The highest BCUT2D eigenvalue weighted by Crippen LogP contribution is 2.35. The summed E-state index contributed by atoms with van der Waals surface area (Å²) < 4.78 is 25.6. The number of rotatable bonds is 3. The summed E-state index contributed by atoms with van der Waals surface area (Å²) in [5.41, 5.74) is 0.455. The highest BCUT2D eigenvalue weighted by molar-refractivity contribution is 7.14. The molecule has 2 aliphatic rings. The molecule has 1 amide bonds. The molecule has 2 atom stereocenters. The van der Waals surface area contributed by atoms with E-state index in [4.69, 9.17) is 9.47 Å². The van der Waals surface area contributed by atoms with Crippen molar-refractivity contribution in [3.05, 3.63) is 59.4 Å². The number of likely N-dealkylation sites (tertiary alicyclic amines) is 1. The SMILES string of the molecule is O=C(C1COc2ccccc2O1)N1CCCC(c2nnc(-c3ccccc3F)s2)C1. The molecule has 8 heteroatoms. The van der Waals surface area contributed by atoms with Crippen LogP contribution in [0.5, 0.6) is 11.5 Å². The molecule has 3 heterocycles. The summed E-state index contributed by atoms with van der Waals surface area (Å²) in [7, 11) is 0. The van der Waals surface area contributed by atoms with E-state index in [2.05, 4.69) is 10.2 Å². The van der Waals surface area contributed by atoms with Gasteiger partial charge in [-0.3, -0.25) is 4.79 Å². The lowest BCUT2D eigenvalue weighted by molar-refractivity contribution is -0.142. The number of nitrogens with zero attached hydrogens (tertiary/aromatic N) is 3. The smallest absolute Gasteiger partial charge is 0.267 e. The second-order valence-corrected chi connectivity index (χ2v) is 8.42. The first-order valence-electron chi connectivity index (χ1n) is 9.94. The number of ether oxygens (including phenoxy) is 2. The summed E-state index contributed by atoms with van der Waals surface area (Å²) >= 11 is 1.39. The average molecular weight is 425 g/mol. The Labute approximate surface area is 177 Å². The maximum Gasteiger partial charge on any atom is 0.267 e. The third-order valence-corrected chi connectivity index (χ3v) is 6.53. The Hall–Kier alpha value is -3.00. The molecule has 6 nitrogen and oxygen atoms in total. The fourth-order valence-electron chi connectivity index (χ4n) is 3.87. The molecular formula is C22H20FN3O3S. The number of hydrogen-bond donors (Lipinski definition) is 0. The van der Waals surface area contributed by atoms with E-state index in [1.165, 1.54) is 17.4 Å². The molecule has 0 aliphatic carbocycles. The van der Waals surface area contributed by atoms with Gasteiger partial charge in [0.05, 0.1) is 0 Å². The van der Waals surface area contributed by atoms with Crippen molar-refractivity contribution in [3.8, 4) is 22.1 Å². The molecule has 2 unspecified atom stereocenters. The van der Waals surface area contributed by atoms with Gasteiger partial charge in [-0.25, -0.2) is 4.39 Å². The molecule has 2 aromatic carbocycles. The van der Waals surface area contributed by atoms with Crippen molar-refractivity contribution in [2.24, 2.45) is 0 Å². The topological polar surface area (TPSA) is 64.6 Å². The van der Waals surface area contributed by atoms with Gasteiger partial charge in [-0.15, -0.1) is 10.2 Å². The van der Waals surface area contributed by atoms with Crippen LogP contribution in [0.25, 0.3) is 10.6 Å². The van der Waals surface area contributed by atoms with Crippen molar-refractivity contribution in [1.29, 1.82) is 0 Å². The van der Waals surface area contributed by atoms with Crippen LogP contribution in [0.15, 0.2) is 48.5 Å². The second-order valence-electron chi connectivity index (χ2n) is 7.41. The number of piperidine rings is 1. The zero-order valence-electron chi connectivity index (χ0n) is 16.2. The van der Waals surface area contributed by atoms with Gasteiger partial charge in [0.1, 0.15) is 17.4 Å². The van der Waals surface area contributed by atoms with E-state index in [0.717, 1.165) is 17.8 Å². The Morgan fingerprint density at radius 3 is 2.77 bits per heavy atom. The maximum atomic E-state index is 14.1. The third kappa shape index (κ3) is 3.63. The van der Waals surface area contributed by atoms with Crippen molar-refractivity contribution >= 4 is 17.2 Å². The molecule has 0 spiro atoms. The minimum absolute atomic E-state index is 0.0759. The molecular weight excluding hydrogens is 405 g/mol. The Morgan fingerprint density at radius 1 is 1.10 bits per heavy atom. The molecule has 30 heavy (non-hydrogen) atoms. The van der Waals surface area contributed by atoms with Crippen molar-refractivity contribution < 1.29 is 18.7 Å². The number of carbonyl (C=O) groups is 1. The van der Waals surface area contributed by atoms with E-state index in [9.17, 15) is 9.18 Å². The Kier molecular flexibility index (Phi) is 5.08. The molecule has 154 valence electrons. The number of benzene rings is 2. The normalized spacial score (nSPS) is 20.8. The molecule has 2 aliphatic heterocycles. The summed E-state index contributed by atoms with van der Waals surface area (Å²) in [5, 5.41) is 9.88. The van der Waals surface area contributed by atoms with E-state index >= 15 is 0 Å². The molecule has 1 aromatic heterocycles. The van der Waals surface area contributed by atoms with Gasteiger partial charge in [0, 0.05) is 24.6 Å². The minimum Gasteiger partial charge on any atom is -0.485 e. The van der Waals surface area contributed by atoms with E-state index < -0.39 is 6.10 Å². The van der Waals surface area contributed by atoms with Gasteiger partial charge in [-0.2, -0.15) is 0 Å². The van der Waals surface area contributed by atoms with Gasteiger partial charge >= 0.3 is 0 Å². The largest absolute Gasteiger partial charge is 0.485 e. The Balaban J connectivity index is 1.29. The van der Waals surface area contributed by atoms with Gasteiger partial charge in [0.15, 0.2) is 16.5 Å². The van der Waals surface area contributed by atoms with Crippen LogP contribution in [-0.4, -0.2) is 46.8 Å². The zero-order chi connectivity index (χ0) is 20.5. The monoisotopic (exact) mass is 425 g/mol. The molecule has 3 aromatic rings. The minimum atomic E-state index is -0.651. The molecule has 1 saturated heterocycles. The molecule has 5 rings (SSSR count). The van der Waals surface area contributed by atoms with E-state index in [1.54, 1.807) is 24.3 Å². The van der Waals surface area contributed by atoms with Gasteiger partial charge in [-0.1, -0.05) is 35.6 Å². The fourth-order valence-corrected chi connectivity index (χ4v) is 4.86. The van der Waals surface area contributed by atoms with Gasteiger partial charge in [0.2, 0.25) is 6.10 Å². The molecule has 1 fully saturated rings. The van der Waals surface area contributed by atoms with Crippen LogP contribution in [0.4, 0.5) is 4.39 Å². The molecule has 0 radical (unpaired) electrons. The predicted molar refractivity (Wildman–Crippen MR) is 110 cm³/mol. The number of halogens is 1. The molecule has 0 N–H and O–H groups in total. The van der Waals surface area contributed by atoms with Crippen LogP contribution in [0.1, 0.15) is 23.8 Å². The summed E-state index contributed by atoms with van der Waals surface area (Å²) in [5.74, 6) is 0.947. The molecule has 0 bridgehead atoms. The first-order chi connectivity index (χ1) is 14.7. The van der Waals surface area contributed by atoms with Crippen molar-refractivity contribution in [1.82, 2.24) is 15.1 Å². The van der Waals surface area contributed by atoms with E-state index in [-0.39, 0.29) is 24.2 Å². The quantitative estimate of drug-likeness (QED) is 0.637. The predicted octanol–water partition coefficient (Wildman–Crippen LogP) is 3.89. The van der Waals surface area contributed by atoms with Crippen LogP contribution in [0.3, 0.4) is 0 Å². The summed E-state index contributed by atoms with van der Waals surface area (Å²) in [6.45, 7) is 1.43. The van der Waals surface area contributed by atoms with Crippen LogP contribution < -0.4 is 9.47 Å². The highest BCUT2D eigenvalue weighted by Gasteiger charge is 2.34. The van der Waals surface area contributed by atoms with Gasteiger partial charge in [0.25, 0.3) is 5.91 Å². The van der Waals surface area contributed by atoms with Gasteiger partial charge < -0.3 is 14.4 Å². The number of fused-ring (bicyclic) bond motifs is 1. The van der Waals surface area contributed by atoms with E-state index in [1.807, 2.05) is 23.1 Å². The maximum absolute atomic E-state index is 14.1. The standard InChI is InChI=1S/C22H20FN3O3S/c23-16-8-2-1-7-15(16)21-25-24-20(30-21)14-6-5-11-26(12-14)22(27)19-13-28-17-9-3-4-10-18(17)29-19/h1-4,7-10,14,19H,5-6,11-13H2. The number of hydrogen-bond acceptors (Lipinski definition) is 6. The number of para-hydroxylation sites is 2. The third-order valence-electron chi connectivity index (χ3n) is 5.41. The second kappa shape index (κ2) is 8.02. The summed E-state index contributed by atoms with van der Waals surface area (Å²) in [6, 6.07) is 13.9. The Morgan fingerprint density at radius 2 is 1.90 bits per heavy atom. The van der Waals surface area contributed by atoms with Crippen LogP contribution in [-0.2, 0) is 4.79 Å². The lowest BCUT2D eigenvalue weighted by Crippen LogP contribution is -2.49. The highest BCUT2D eigenvalue weighted by atomic mass is 32.1. The average Bonchev–Trinajstić information content (AvgIpc) is 3.29. The van der Waals surface area contributed by atoms with Gasteiger partial charge in [-0.05, 0) is 37.1 Å². The zero-order valence-corrected chi connectivity index (χ0v) is 17.0. The molecule has 0 saturated carbocycles. The van der Waals surface area contributed by atoms with Crippen molar-refractivity contribution in [2.45, 2.75) is 24.9 Å². The number of aromatic nitrogens is 2. The van der Waals surface area contributed by atoms with Crippen LogP contribution in [0, 0.1) is 5.82 Å². The van der Waals surface area contributed by atoms with Crippen LogP contribution in [0.2, 0.25) is 0 Å².